The lowest BCUT2D eigenvalue weighted by molar-refractivity contribution is 0.132. The van der Waals surface area contributed by atoms with Crippen molar-refractivity contribution in [1.29, 1.82) is 0 Å². The summed E-state index contributed by atoms with van der Waals surface area (Å²) in [6, 6.07) is 0. The van der Waals surface area contributed by atoms with Crippen LogP contribution in [0.5, 0.6) is 0 Å². The molecule has 0 aromatic rings. The van der Waals surface area contributed by atoms with Crippen LogP contribution in [0.2, 0.25) is 0 Å². The first-order valence-corrected chi connectivity index (χ1v) is 4.81. The molecule has 0 saturated heterocycles. The molecule has 0 aromatic carbocycles. The minimum atomic E-state index is 0.249. The number of hydrogen-bond acceptors (Lipinski definition) is 2. The normalized spacial score (nSPS) is 13.0. The molecular weight excluding hydrogens is 148 g/mol. The summed E-state index contributed by atoms with van der Waals surface area (Å²) in [6.07, 6.45) is 1.07. The van der Waals surface area contributed by atoms with Gasteiger partial charge in [-0.05, 0) is 39.8 Å². The van der Waals surface area contributed by atoms with Crippen molar-refractivity contribution >= 4 is 0 Å². The van der Waals surface area contributed by atoms with Crippen LogP contribution >= 0.6 is 0 Å². The summed E-state index contributed by atoms with van der Waals surface area (Å²) < 4.78 is 0. The van der Waals surface area contributed by atoms with E-state index >= 15 is 0 Å². The highest BCUT2D eigenvalue weighted by atomic mass is 15.2. The van der Waals surface area contributed by atoms with Crippen LogP contribution in [0.15, 0.2) is 0 Å². The Balaban J connectivity index is 3.96. The molecule has 0 spiro atoms. The van der Waals surface area contributed by atoms with Crippen molar-refractivity contribution in [3.63, 3.8) is 0 Å². The van der Waals surface area contributed by atoms with E-state index in [4.69, 9.17) is 5.73 Å². The zero-order valence-electron chi connectivity index (χ0n) is 9.22. The third-order valence-corrected chi connectivity index (χ3v) is 2.43. The van der Waals surface area contributed by atoms with Gasteiger partial charge in [-0.15, -0.1) is 0 Å². The second-order valence-electron chi connectivity index (χ2n) is 4.63. The van der Waals surface area contributed by atoms with Gasteiger partial charge in [-0.2, -0.15) is 0 Å². The smallest absolute Gasteiger partial charge is 0.0162 e. The van der Waals surface area contributed by atoms with Crippen molar-refractivity contribution in [2.75, 3.05) is 20.1 Å². The van der Waals surface area contributed by atoms with E-state index in [9.17, 15) is 0 Å². The number of hydrogen-bond donors (Lipinski definition) is 1. The summed E-state index contributed by atoms with van der Waals surface area (Å²) in [4.78, 5) is 2.39. The summed E-state index contributed by atoms with van der Waals surface area (Å²) >= 11 is 0. The maximum absolute atomic E-state index is 5.56. The standard InChI is InChI=1S/C10H24N2/c1-9(2)8-12(5)10(3,4)6-7-11/h9H,6-8,11H2,1-5H3. The van der Waals surface area contributed by atoms with Crippen LogP contribution in [0.3, 0.4) is 0 Å². The van der Waals surface area contributed by atoms with E-state index in [1.165, 1.54) is 0 Å². The van der Waals surface area contributed by atoms with Crippen LogP contribution in [0.4, 0.5) is 0 Å². The Bertz CT molecular complexity index is 119. The molecule has 0 aliphatic carbocycles. The van der Waals surface area contributed by atoms with Gasteiger partial charge in [0.25, 0.3) is 0 Å². The molecule has 0 atom stereocenters. The first-order chi connectivity index (χ1) is 5.40. The maximum Gasteiger partial charge on any atom is 0.0162 e. The quantitative estimate of drug-likeness (QED) is 0.684. The van der Waals surface area contributed by atoms with Crippen LogP contribution in [0, 0.1) is 5.92 Å². The highest BCUT2D eigenvalue weighted by Crippen LogP contribution is 2.17. The Kier molecular flexibility index (Phi) is 4.80. The summed E-state index contributed by atoms with van der Waals surface area (Å²) in [7, 11) is 2.18. The van der Waals surface area contributed by atoms with Gasteiger partial charge < -0.3 is 10.6 Å². The minimum absolute atomic E-state index is 0.249. The van der Waals surface area contributed by atoms with Crippen LogP contribution in [0.1, 0.15) is 34.1 Å². The highest BCUT2D eigenvalue weighted by Gasteiger charge is 2.22. The fourth-order valence-electron chi connectivity index (χ4n) is 1.34. The molecular formula is C10H24N2. The van der Waals surface area contributed by atoms with Gasteiger partial charge in [0.15, 0.2) is 0 Å². The van der Waals surface area contributed by atoms with Gasteiger partial charge in [0.1, 0.15) is 0 Å². The maximum atomic E-state index is 5.56. The third kappa shape index (κ3) is 4.07. The molecule has 0 radical (unpaired) electrons. The fourth-order valence-corrected chi connectivity index (χ4v) is 1.34. The lowest BCUT2D eigenvalue weighted by Crippen LogP contribution is -2.44. The molecule has 2 nitrogen and oxygen atoms in total. The van der Waals surface area contributed by atoms with E-state index in [1.807, 2.05) is 0 Å². The van der Waals surface area contributed by atoms with Crippen molar-refractivity contribution in [2.45, 2.75) is 39.7 Å². The molecule has 0 bridgehead atoms. The van der Waals surface area contributed by atoms with Gasteiger partial charge >= 0.3 is 0 Å². The van der Waals surface area contributed by atoms with Crippen LogP contribution in [-0.2, 0) is 0 Å². The SMILES string of the molecule is CC(C)CN(C)C(C)(C)CCN. The average molecular weight is 172 g/mol. The first kappa shape index (κ1) is 11.9. The second kappa shape index (κ2) is 4.83. The molecule has 0 saturated carbocycles. The van der Waals surface area contributed by atoms with Crippen molar-refractivity contribution in [3.05, 3.63) is 0 Å². The molecule has 0 fully saturated rings. The second-order valence-corrected chi connectivity index (χ2v) is 4.63. The van der Waals surface area contributed by atoms with E-state index < -0.39 is 0 Å². The Morgan fingerprint density at radius 1 is 1.33 bits per heavy atom. The number of nitrogens with zero attached hydrogens (tertiary/aromatic N) is 1. The van der Waals surface area contributed by atoms with Crippen molar-refractivity contribution < 1.29 is 0 Å². The summed E-state index contributed by atoms with van der Waals surface area (Å²) in [5.41, 5.74) is 5.81. The molecule has 0 aromatic heterocycles. The summed E-state index contributed by atoms with van der Waals surface area (Å²) in [5.74, 6) is 0.729. The van der Waals surface area contributed by atoms with E-state index in [2.05, 4.69) is 39.6 Å². The Hall–Kier alpha value is -0.0800. The zero-order valence-corrected chi connectivity index (χ0v) is 9.22. The van der Waals surface area contributed by atoms with Crippen LogP contribution in [0.25, 0.3) is 0 Å². The Labute approximate surface area is 77.1 Å². The van der Waals surface area contributed by atoms with E-state index in [0.717, 1.165) is 25.4 Å². The van der Waals surface area contributed by atoms with Gasteiger partial charge in [0, 0.05) is 12.1 Å². The number of rotatable bonds is 5. The van der Waals surface area contributed by atoms with Crippen molar-refractivity contribution in [1.82, 2.24) is 4.90 Å². The first-order valence-electron chi connectivity index (χ1n) is 4.81. The molecule has 0 amide bonds. The molecule has 74 valence electrons. The summed E-state index contributed by atoms with van der Waals surface area (Å²) in [5, 5.41) is 0. The topological polar surface area (TPSA) is 29.3 Å². The van der Waals surface area contributed by atoms with E-state index in [-0.39, 0.29) is 5.54 Å². The molecule has 2 heteroatoms. The molecule has 0 heterocycles. The van der Waals surface area contributed by atoms with Gasteiger partial charge in [-0.3, -0.25) is 0 Å². The fraction of sp³-hybridized carbons (Fsp3) is 1.00. The van der Waals surface area contributed by atoms with Gasteiger partial charge in [-0.25, -0.2) is 0 Å². The molecule has 0 aliphatic heterocycles. The van der Waals surface area contributed by atoms with Crippen LogP contribution in [-0.4, -0.2) is 30.6 Å². The van der Waals surface area contributed by atoms with Crippen molar-refractivity contribution in [3.8, 4) is 0 Å². The van der Waals surface area contributed by atoms with E-state index in [1.54, 1.807) is 0 Å². The predicted molar refractivity (Wildman–Crippen MR) is 55.2 cm³/mol. The summed E-state index contributed by atoms with van der Waals surface area (Å²) in [6.45, 7) is 10.9. The Morgan fingerprint density at radius 2 is 1.83 bits per heavy atom. The van der Waals surface area contributed by atoms with Crippen molar-refractivity contribution in [2.24, 2.45) is 11.7 Å². The molecule has 0 aliphatic rings. The Morgan fingerprint density at radius 3 is 2.17 bits per heavy atom. The highest BCUT2D eigenvalue weighted by molar-refractivity contribution is 4.79. The lowest BCUT2D eigenvalue weighted by Gasteiger charge is -2.36. The van der Waals surface area contributed by atoms with Gasteiger partial charge in [0.2, 0.25) is 0 Å². The van der Waals surface area contributed by atoms with Gasteiger partial charge in [0.05, 0.1) is 0 Å². The van der Waals surface area contributed by atoms with Crippen LogP contribution < -0.4 is 5.73 Å². The molecule has 12 heavy (non-hydrogen) atoms. The van der Waals surface area contributed by atoms with Gasteiger partial charge in [-0.1, -0.05) is 13.8 Å². The zero-order chi connectivity index (χ0) is 9.78. The monoisotopic (exact) mass is 172 g/mol. The largest absolute Gasteiger partial charge is 0.330 e. The van der Waals surface area contributed by atoms with E-state index in [0.29, 0.717) is 0 Å². The average Bonchev–Trinajstić information content (AvgIpc) is 1.85. The molecule has 0 rings (SSSR count). The lowest BCUT2D eigenvalue weighted by atomic mass is 9.97. The molecule has 0 unspecified atom stereocenters. The third-order valence-electron chi connectivity index (χ3n) is 2.43. The minimum Gasteiger partial charge on any atom is -0.330 e. The predicted octanol–water partition coefficient (Wildman–Crippen LogP) is 1.70. The number of nitrogens with two attached hydrogens (primary N) is 1. The molecule has 2 N–H and O–H groups in total.